The Morgan fingerprint density at radius 3 is 1.73 bits per heavy atom. The summed E-state index contributed by atoms with van der Waals surface area (Å²) in [6.45, 7) is 0. The predicted molar refractivity (Wildman–Crippen MR) is 49.6 cm³/mol. The average molecular weight is 249 g/mol. The molecule has 56 valence electrons. The summed E-state index contributed by atoms with van der Waals surface area (Å²) >= 11 is 6.28. The van der Waals surface area contributed by atoms with Crippen molar-refractivity contribution in [2.24, 2.45) is 0 Å². The van der Waals surface area contributed by atoms with Gasteiger partial charge in [-0.05, 0) is 0 Å². The normalized spacial score (nSPS) is 8.91. The Hall–Kier alpha value is 2.84. The van der Waals surface area contributed by atoms with Crippen molar-refractivity contribution in [3.8, 4) is 0 Å². The quantitative estimate of drug-likeness (QED) is 0.184. The van der Waals surface area contributed by atoms with E-state index in [2.05, 4.69) is 25.3 Å². The van der Waals surface area contributed by atoms with Crippen LogP contribution in [-0.4, -0.2) is 123 Å². The zero-order chi connectivity index (χ0) is 7.65. The summed E-state index contributed by atoms with van der Waals surface area (Å²) in [5, 5.41) is 17.8. The number of rotatable bonds is 2. The number of nitro groups is 1. The molecule has 0 amide bonds. The summed E-state index contributed by atoms with van der Waals surface area (Å²) in [6.07, 6.45) is 0. The van der Waals surface area contributed by atoms with Crippen LogP contribution in [0.15, 0.2) is 0 Å². The fraction of sp³-hybridized carbons (Fsp3) is 0.500. The van der Waals surface area contributed by atoms with Crippen molar-refractivity contribution < 1.29 is 14.8 Å². The average Bonchev–Trinajstić information content (AvgIpc) is 1.65. The maximum absolute atomic E-state index is 9.87. The summed E-state index contributed by atoms with van der Waals surface area (Å²) in [6, 6.07) is 0. The molecule has 9 heteroatoms. The first kappa shape index (κ1) is 19.4. The molecule has 0 atom stereocenters. The van der Waals surface area contributed by atoms with Gasteiger partial charge in [-0.3, -0.25) is 10.1 Å². The van der Waals surface area contributed by atoms with Crippen molar-refractivity contribution >= 4 is 134 Å². The number of carbonyl (C=O) groups is 1. The third kappa shape index (κ3) is 6.85. The monoisotopic (exact) mass is 249 g/mol. The first-order valence-corrected chi connectivity index (χ1v) is 2.61. The van der Waals surface area contributed by atoms with Crippen LogP contribution < -0.4 is 0 Å². The van der Waals surface area contributed by atoms with Gasteiger partial charge in [0, 0.05) is 0 Å². The molecule has 0 spiro atoms. The number of hydrogen-bond donors (Lipinski definition) is 3. The van der Waals surface area contributed by atoms with Crippen LogP contribution in [0.3, 0.4) is 0 Å². The van der Waals surface area contributed by atoms with E-state index in [9.17, 15) is 14.9 Å². The summed E-state index contributed by atoms with van der Waals surface area (Å²) in [5.74, 6) is -1.70. The number of aliphatic carboxylic acids is 1. The van der Waals surface area contributed by atoms with Gasteiger partial charge < -0.3 is 5.11 Å². The van der Waals surface area contributed by atoms with Gasteiger partial charge in [0.25, 0.3) is 0 Å². The minimum absolute atomic E-state index is 0. The number of carboxylic acids is 1. The molecule has 0 bridgehead atoms. The van der Waals surface area contributed by atoms with Gasteiger partial charge in [0.1, 0.15) is 0 Å². The minimum atomic E-state index is -2.47. The molecule has 0 saturated heterocycles. The summed E-state index contributed by atoms with van der Waals surface area (Å²) in [4.78, 5) is 18.5. The molecular weight excluding hydrogens is 244 g/mol. The third-order valence-corrected chi connectivity index (χ3v) is 1.25. The van der Waals surface area contributed by atoms with Gasteiger partial charge in [-0.25, -0.2) is 4.79 Å². The zero-order valence-corrected chi connectivity index (χ0v) is 5.80. The van der Waals surface area contributed by atoms with E-state index in [4.69, 9.17) is 5.11 Å². The topological polar surface area (TPSA) is 80.4 Å². The SMILES string of the molecule is O=C(O)C(S)(S)[N+](=O)[O-].[KH].[KH]. The fourth-order valence-corrected chi connectivity index (χ4v) is 0.0781. The summed E-state index contributed by atoms with van der Waals surface area (Å²) in [7, 11) is 0. The molecule has 0 aliphatic rings. The molecule has 0 radical (unpaired) electrons. The Bertz CT molecular complexity index is 146. The molecular formula is C2H5K2NO4S2. The molecule has 0 rings (SSSR count). The second-order valence-corrected chi connectivity index (χ2v) is 2.84. The summed E-state index contributed by atoms with van der Waals surface area (Å²) in [5.41, 5.74) is 0. The van der Waals surface area contributed by atoms with E-state index in [1.165, 1.54) is 0 Å². The van der Waals surface area contributed by atoms with Crippen molar-refractivity contribution in [2.75, 3.05) is 0 Å². The van der Waals surface area contributed by atoms with E-state index in [0.29, 0.717) is 0 Å². The number of thiol groups is 2. The Balaban J connectivity index is -0.000000320. The molecule has 0 aliphatic heterocycles. The molecule has 5 nitrogen and oxygen atoms in total. The van der Waals surface area contributed by atoms with Crippen LogP contribution in [0.25, 0.3) is 0 Å². The molecule has 11 heavy (non-hydrogen) atoms. The van der Waals surface area contributed by atoms with E-state index >= 15 is 0 Å². The molecule has 0 aromatic rings. The van der Waals surface area contributed by atoms with E-state index in [1.807, 2.05) is 0 Å². The molecule has 0 unspecified atom stereocenters. The third-order valence-electron chi connectivity index (χ3n) is 0.542. The van der Waals surface area contributed by atoms with Gasteiger partial charge in [0.05, 0.1) is 4.92 Å². The van der Waals surface area contributed by atoms with Gasteiger partial charge in [-0.1, -0.05) is 25.3 Å². The molecule has 0 heterocycles. The van der Waals surface area contributed by atoms with Crippen LogP contribution in [0.2, 0.25) is 0 Å². The van der Waals surface area contributed by atoms with Crippen LogP contribution in [0.5, 0.6) is 0 Å². The second kappa shape index (κ2) is 8.18. The van der Waals surface area contributed by atoms with Crippen molar-refractivity contribution in [3.05, 3.63) is 10.1 Å². The van der Waals surface area contributed by atoms with Crippen LogP contribution in [0.1, 0.15) is 0 Å². The van der Waals surface area contributed by atoms with E-state index in [-0.39, 0.29) is 103 Å². The van der Waals surface area contributed by atoms with E-state index < -0.39 is 15.1 Å². The van der Waals surface area contributed by atoms with Gasteiger partial charge in [0.2, 0.25) is 0 Å². The molecule has 0 aliphatic carbocycles. The molecule has 0 aromatic carbocycles. The van der Waals surface area contributed by atoms with Crippen LogP contribution in [0, 0.1) is 10.1 Å². The van der Waals surface area contributed by atoms with Gasteiger partial charge in [-0.15, -0.1) is 0 Å². The standard InChI is InChI=1S/C2H3NO4S2.2K.2H/c4-1(5)2(8,9)3(6)7;;;;/h8-9H,(H,4,5);;;;. The predicted octanol–water partition coefficient (Wildman–Crippen LogP) is -1.44. The fourth-order valence-electron chi connectivity index (χ4n) is 0.0781. The number of hydrogen-bond acceptors (Lipinski definition) is 5. The van der Waals surface area contributed by atoms with Gasteiger partial charge >= 0.3 is 113 Å². The Kier molecular flexibility index (Phi) is 14.4. The van der Waals surface area contributed by atoms with Crippen molar-refractivity contribution in [3.63, 3.8) is 0 Å². The van der Waals surface area contributed by atoms with Gasteiger partial charge in [0.15, 0.2) is 0 Å². The Labute approximate surface area is 159 Å². The van der Waals surface area contributed by atoms with Crippen molar-refractivity contribution in [1.29, 1.82) is 0 Å². The first-order chi connectivity index (χ1) is 3.89. The molecule has 0 aromatic heterocycles. The van der Waals surface area contributed by atoms with Gasteiger partial charge in [-0.2, -0.15) is 0 Å². The van der Waals surface area contributed by atoms with Crippen molar-refractivity contribution in [1.82, 2.24) is 0 Å². The number of nitrogens with zero attached hydrogens (tertiary/aromatic N) is 1. The van der Waals surface area contributed by atoms with Crippen molar-refractivity contribution in [2.45, 2.75) is 4.20 Å². The molecule has 0 saturated carbocycles. The summed E-state index contributed by atoms with van der Waals surface area (Å²) < 4.78 is -2.47. The maximum atomic E-state index is 9.87. The zero-order valence-electron chi connectivity index (χ0n) is 4.01. The first-order valence-electron chi connectivity index (χ1n) is 1.71. The van der Waals surface area contributed by atoms with Crippen LogP contribution in [-0.2, 0) is 4.79 Å². The second-order valence-electron chi connectivity index (χ2n) is 1.20. The Morgan fingerprint density at radius 1 is 1.45 bits per heavy atom. The molecule has 0 fully saturated rings. The van der Waals surface area contributed by atoms with E-state index in [0.717, 1.165) is 0 Å². The Morgan fingerprint density at radius 2 is 1.73 bits per heavy atom. The van der Waals surface area contributed by atoms with E-state index in [1.54, 1.807) is 0 Å². The van der Waals surface area contributed by atoms with Crippen LogP contribution >= 0.6 is 25.3 Å². The number of carboxylic acid groups (broad SMARTS) is 1. The molecule has 1 N–H and O–H groups in total. The van der Waals surface area contributed by atoms with Crippen LogP contribution in [0.4, 0.5) is 0 Å².